The first-order chi connectivity index (χ1) is 14.0. The van der Waals surface area contributed by atoms with Crippen molar-refractivity contribution in [3.63, 3.8) is 0 Å². The van der Waals surface area contributed by atoms with Crippen LogP contribution in [0.15, 0.2) is 18.2 Å². The number of amides is 3. The van der Waals surface area contributed by atoms with Crippen LogP contribution in [0.3, 0.4) is 0 Å². The van der Waals surface area contributed by atoms with Gasteiger partial charge in [0, 0.05) is 37.2 Å². The van der Waals surface area contributed by atoms with E-state index in [1.807, 2.05) is 18.2 Å². The largest absolute Gasteiger partial charge is 0.324 e. The standard InChI is InChI=1S/C22H30N4O3/c23-22(9-3-1-2-4-10-22)14-24-12-15-5-6-17-16(11-15)13-26(21(17)29)18-7-8-19(27)25-20(18)28/h5-6,11,18,24H,1-4,7-10,12-14,23H2,(H,25,27,28). The maximum Gasteiger partial charge on any atom is 0.255 e. The third kappa shape index (κ3) is 4.36. The number of benzene rings is 1. The summed E-state index contributed by atoms with van der Waals surface area (Å²) in [6.45, 7) is 1.92. The number of carbonyl (C=O) groups excluding carboxylic acids is 3. The first-order valence-corrected chi connectivity index (χ1v) is 10.7. The molecular formula is C22H30N4O3. The van der Waals surface area contributed by atoms with Crippen molar-refractivity contribution >= 4 is 17.7 Å². The van der Waals surface area contributed by atoms with E-state index >= 15 is 0 Å². The van der Waals surface area contributed by atoms with Gasteiger partial charge in [0.1, 0.15) is 6.04 Å². The summed E-state index contributed by atoms with van der Waals surface area (Å²) in [6, 6.07) is 5.29. The van der Waals surface area contributed by atoms with Crippen LogP contribution in [0.25, 0.3) is 0 Å². The van der Waals surface area contributed by atoms with Crippen molar-refractivity contribution < 1.29 is 14.4 Å². The summed E-state index contributed by atoms with van der Waals surface area (Å²) >= 11 is 0. The van der Waals surface area contributed by atoms with E-state index in [2.05, 4.69) is 10.6 Å². The van der Waals surface area contributed by atoms with E-state index in [9.17, 15) is 14.4 Å². The number of nitrogens with zero attached hydrogens (tertiary/aromatic N) is 1. The highest BCUT2D eigenvalue weighted by Crippen LogP contribution is 2.28. The Hall–Kier alpha value is -2.25. The summed E-state index contributed by atoms with van der Waals surface area (Å²) in [5.74, 6) is -0.774. The van der Waals surface area contributed by atoms with Crippen LogP contribution in [0.5, 0.6) is 0 Å². The molecule has 2 fully saturated rings. The van der Waals surface area contributed by atoms with Gasteiger partial charge in [0.15, 0.2) is 0 Å². The molecule has 0 aromatic heterocycles. The number of imide groups is 1. The zero-order chi connectivity index (χ0) is 20.4. The minimum absolute atomic E-state index is 0.119. The molecule has 0 radical (unpaired) electrons. The lowest BCUT2D eigenvalue weighted by Crippen LogP contribution is -2.52. The van der Waals surface area contributed by atoms with Crippen LogP contribution in [0.4, 0.5) is 0 Å². The van der Waals surface area contributed by atoms with Crippen molar-refractivity contribution in [1.82, 2.24) is 15.5 Å². The molecule has 2 aliphatic heterocycles. The molecule has 1 aromatic rings. The maximum atomic E-state index is 12.8. The van der Waals surface area contributed by atoms with E-state index in [0.29, 0.717) is 25.1 Å². The fraction of sp³-hybridized carbons (Fsp3) is 0.591. The molecule has 4 N–H and O–H groups in total. The SMILES string of the molecule is NC1(CNCc2ccc3c(c2)CN(C2CCC(=O)NC2=O)C3=O)CCCCCC1. The fourth-order valence-corrected chi connectivity index (χ4v) is 4.80. The van der Waals surface area contributed by atoms with Gasteiger partial charge < -0.3 is 16.0 Å². The van der Waals surface area contributed by atoms with Crippen LogP contribution < -0.4 is 16.4 Å². The molecule has 1 saturated carbocycles. The van der Waals surface area contributed by atoms with E-state index in [0.717, 1.165) is 30.5 Å². The molecule has 7 nitrogen and oxygen atoms in total. The monoisotopic (exact) mass is 398 g/mol. The number of hydrogen-bond donors (Lipinski definition) is 3. The normalized spacial score (nSPS) is 24.2. The zero-order valence-electron chi connectivity index (χ0n) is 16.8. The summed E-state index contributed by atoms with van der Waals surface area (Å²) in [6.07, 6.45) is 7.76. The van der Waals surface area contributed by atoms with Gasteiger partial charge in [0.25, 0.3) is 5.91 Å². The molecule has 0 spiro atoms. The van der Waals surface area contributed by atoms with Crippen LogP contribution in [-0.2, 0) is 22.7 Å². The van der Waals surface area contributed by atoms with E-state index in [1.165, 1.54) is 25.7 Å². The number of carbonyl (C=O) groups is 3. The second kappa shape index (κ2) is 8.24. The predicted octanol–water partition coefficient (Wildman–Crippen LogP) is 1.59. The van der Waals surface area contributed by atoms with Crippen molar-refractivity contribution in [2.45, 2.75) is 76.0 Å². The first-order valence-electron chi connectivity index (χ1n) is 10.7. The molecule has 7 heteroatoms. The lowest BCUT2D eigenvalue weighted by atomic mass is 9.91. The summed E-state index contributed by atoms with van der Waals surface area (Å²) in [5, 5.41) is 5.84. The van der Waals surface area contributed by atoms with E-state index in [1.54, 1.807) is 4.90 Å². The van der Waals surface area contributed by atoms with E-state index in [4.69, 9.17) is 5.73 Å². The van der Waals surface area contributed by atoms with Crippen molar-refractivity contribution in [2.75, 3.05) is 6.54 Å². The van der Waals surface area contributed by atoms with Crippen molar-refractivity contribution in [2.24, 2.45) is 5.73 Å². The van der Waals surface area contributed by atoms with Gasteiger partial charge >= 0.3 is 0 Å². The van der Waals surface area contributed by atoms with Crippen LogP contribution in [0, 0.1) is 0 Å². The summed E-state index contributed by atoms with van der Waals surface area (Å²) in [5.41, 5.74) is 9.16. The molecule has 3 amide bonds. The van der Waals surface area contributed by atoms with Gasteiger partial charge in [-0.3, -0.25) is 19.7 Å². The molecule has 4 rings (SSSR count). The number of nitrogens with one attached hydrogen (secondary N) is 2. The average molecular weight is 399 g/mol. The molecule has 1 aromatic carbocycles. The fourth-order valence-electron chi connectivity index (χ4n) is 4.80. The highest BCUT2D eigenvalue weighted by molar-refractivity contribution is 6.05. The minimum Gasteiger partial charge on any atom is -0.324 e. The van der Waals surface area contributed by atoms with Crippen LogP contribution >= 0.6 is 0 Å². The summed E-state index contributed by atoms with van der Waals surface area (Å²) in [7, 11) is 0. The Morgan fingerprint density at radius 1 is 1.14 bits per heavy atom. The Morgan fingerprint density at radius 2 is 1.90 bits per heavy atom. The Balaban J connectivity index is 1.37. The second-order valence-corrected chi connectivity index (χ2v) is 8.77. The van der Waals surface area contributed by atoms with Gasteiger partial charge in [-0.15, -0.1) is 0 Å². The number of piperidine rings is 1. The second-order valence-electron chi connectivity index (χ2n) is 8.77. The quantitative estimate of drug-likeness (QED) is 0.516. The summed E-state index contributed by atoms with van der Waals surface area (Å²) in [4.78, 5) is 37.9. The number of fused-ring (bicyclic) bond motifs is 1. The Bertz CT molecular complexity index is 814. The molecule has 0 bridgehead atoms. The first kappa shape index (κ1) is 20.0. The van der Waals surface area contributed by atoms with Gasteiger partial charge in [-0.05, 0) is 36.5 Å². The Morgan fingerprint density at radius 3 is 2.62 bits per heavy atom. The maximum absolute atomic E-state index is 12.8. The van der Waals surface area contributed by atoms with Crippen LogP contribution in [0.1, 0.15) is 72.9 Å². The van der Waals surface area contributed by atoms with Gasteiger partial charge in [-0.1, -0.05) is 37.8 Å². The van der Waals surface area contributed by atoms with Crippen molar-refractivity contribution in [3.05, 3.63) is 34.9 Å². The summed E-state index contributed by atoms with van der Waals surface area (Å²) < 4.78 is 0. The van der Waals surface area contributed by atoms with Crippen molar-refractivity contribution in [3.8, 4) is 0 Å². The smallest absolute Gasteiger partial charge is 0.255 e. The molecule has 29 heavy (non-hydrogen) atoms. The highest BCUT2D eigenvalue weighted by Gasteiger charge is 2.39. The molecule has 1 aliphatic carbocycles. The Kier molecular flexibility index (Phi) is 5.69. The van der Waals surface area contributed by atoms with Gasteiger partial charge in [-0.2, -0.15) is 0 Å². The number of hydrogen-bond acceptors (Lipinski definition) is 5. The van der Waals surface area contributed by atoms with E-state index < -0.39 is 6.04 Å². The van der Waals surface area contributed by atoms with Gasteiger partial charge in [0.05, 0.1) is 0 Å². The lowest BCUT2D eigenvalue weighted by Gasteiger charge is -2.29. The molecule has 1 saturated heterocycles. The predicted molar refractivity (Wildman–Crippen MR) is 109 cm³/mol. The van der Waals surface area contributed by atoms with Crippen molar-refractivity contribution in [1.29, 1.82) is 0 Å². The van der Waals surface area contributed by atoms with Crippen LogP contribution in [0.2, 0.25) is 0 Å². The van der Waals surface area contributed by atoms with Gasteiger partial charge in [0.2, 0.25) is 11.8 Å². The van der Waals surface area contributed by atoms with Gasteiger partial charge in [-0.25, -0.2) is 0 Å². The molecule has 1 unspecified atom stereocenters. The zero-order valence-corrected chi connectivity index (χ0v) is 16.8. The molecular weight excluding hydrogens is 368 g/mol. The number of nitrogens with two attached hydrogens (primary N) is 1. The topological polar surface area (TPSA) is 105 Å². The molecule has 3 aliphatic rings. The molecule has 2 heterocycles. The minimum atomic E-state index is -0.568. The average Bonchev–Trinajstić information content (AvgIpc) is 2.85. The lowest BCUT2D eigenvalue weighted by molar-refractivity contribution is -0.136. The third-order valence-corrected chi connectivity index (χ3v) is 6.49. The Labute approximate surface area is 171 Å². The molecule has 156 valence electrons. The number of rotatable bonds is 5. The third-order valence-electron chi connectivity index (χ3n) is 6.49. The molecule has 1 atom stereocenters. The highest BCUT2D eigenvalue weighted by atomic mass is 16.2. The van der Waals surface area contributed by atoms with E-state index in [-0.39, 0.29) is 29.7 Å². The van der Waals surface area contributed by atoms with Crippen LogP contribution in [-0.4, -0.2) is 40.7 Å².